The fraction of sp³-hybridized carbons (Fsp3) is 0.500. The van der Waals surface area contributed by atoms with Crippen molar-refractivity contribution in [3.05, 3.63) is 24.3 Å². The Balaban J connectivity index is 0.00000144. The highest BCUT2D eigenvalue weighted by atomic mass is 35.5. The molecule has 5 nitrogen and oxygen atoms in total. The SMILES string of the molecule is Cl.NC1(C(=O)N2CCn3c2nc2ccccc23)CCCCC1. The summed E-state index contributed by atoms with van der Waals surface area (Å²) in [6, 6.07) is 8.02. The van der Waals surface area contributed by atoms with Crippen LogP contribution in [-0.4, -0.2) is 27.5 Å². The molecule has 2 N–H and O–H groups in total. The van der Waals surface area contributed by atoms with Gasteiger partial charge in [0.05, 0.1) is 16.6 Å². The van der Waals surface area contributed by atoms with Gasteiger partial charge in [-0.1, -0.05) is 31.4 Å². The zero-order valence-electron chi connectivity index (χ0n) is 12.5. The normalized spacial score (nSPS) is 19.8. The fourth-order valence-corrected chi connectivity index (χ4v) is 3.65. The number of nitrogens with zero attached hydrogens (tertiary/aromatic N) is 3. The van der Waals surface area contributed by atoms with Gasteiger partial charge in [-0.25, -0.2) is 4.98 Å². The molecule has 1 fully saturated rings. The molecule has 1 aromatic heterocycles. The minimum Gasteiger partial charge on any atom is -0.317 e. The van der Waals surface area contributed by atoms with Crippen molar-refractivity contribution >= 4 is 35.3 Å². The summed E-state index contributed by atoms with van der Waals surface area (Å²) in [5.41, 5.74) is 7.76. The van der Waals surface area contributed by atoms with Gasteiger partial charge >= 0.3 is 0 Å². The van der Waals surface area contributed by atoms with Crippen molar-refractivity contribution < 1.29 is 4.79 Å². The average Bonchev–Trinajstić information content (AvgIpc) is 3.06. The molecule has 1 saturated carbocycles. The largest absolute Gasteiger partial charge is 0.317 e. The number of carbonyl (C=O) groups is 1. The maximum absolute atomic E-state index is 12.9. The zero-order valence-corrected chi connectivity index (χ0v) is 13.3. The minimum absolute atomic E-state index is 0. The molecule has 0 radical (unpaired) electrons. The summed E-state index contributed by atoms with van der Waals surface area (Å²) in [5, 5.41) is 0. The molecule has 0 spiro atoms. The van der Waals surface area contributed by atoms with Crippen LogP contribution in [0.25, 0.3) is 11.0 Å². The van der Waals surface area contributed by atoms with Crippen LogP contribution in [0.4, 0.5) is 5.95 Å². The van der Waals surface area contributed by atoms with E-state index in [9.17, 15) is 4.79 Å². The highest BCUT2D eigenvalue weighted by molar-refractivity contribution is 6.00. The van der Waals surface area contributed by atoms with Crippen molar-refractivity contribution in [1.82, 2.24) is 9.55 Å². The number of nitrogens with two attached hydrogens (primary N) is 1. The van der Waals surface area contributed by atoms with E-state index >= 15 is 0 Å². The second-order valence-corrected chi connectivity index (χ2v) is 6.23. The first-order chi connectivity index (χ1) is 10.2. The summed E-state index contributed by atoms with van der Waals surface area (Å²) in [6.45, 7) is 1.49. The van der Waals surface area contributed by atoms with Crippen LogP contribution in [0.5, 0.6) is 0 Å². The molecule has 2 aliphatic rings. The Morgan fingerprint density at radius 3 is 2.64 bits per heavy atom. The van der Waals surface area contributed by atoms with Crippen molar-refractivity contribution in [2.75, 3.05) is 11.4 Å². The molecule has 0 unspecified atom stereocenters. The van der Waals surface area contributed by atoms with Crippen LogP contribution in [0.3, 0.4) is 0 Å². The molecule has 1 aliphatic heterocycles. The predicted molar refractivity (Wildman–Crippen MR) is 89.3 cm³/mol. The molecule has 6 heteroatoms. The number of carbonyl (C=O) groups excluding carboxylic acids is 1. The third-order valence-electron chi connectivity index (χ3n) is 4.84. The van der Waals surface area contributed by atoms with E-state index in [4.69, 9.17) is 5.73 Å². The number of hydrogen-bond acceptors (Lipinski definition) is 3. The molecular weight excluding hydrogens is 300 g/mol. The number of benzene rings is 1. The molecule has 0 atom stereocenters. The van der Waals surface area contributed by atoms with Crippen LogP contribution >= 0.6 is 12.4 Å². The molecule has 0 saturated heterocycles. The third kappa shape index (κ3) is 2.20. The van der Waals surface area contributed by atoms with Crippen molar-refractivity contribution in [2.45, 2.75) is 44.2 Å². The number of fused-ring (bicyclic) bond motifs is 3. The number of imidazole rings is 1. The van der Waals surface area contributed by atoms with Gasteiger partial charge in [-0.2, -0.15) is 0 Å². The van der Waals surface area contributed by atoms with Crippen LogP contribution < -0.4 is 10.6 Å². The Bertz CT molecular complexity index is 705. The molecule has 2 heterocycles. The maximum Gasteiger partial charge on any atom is 0.249 e. The highest BCUT2D eigenvalue weighted by Gasteiger charge is 2.41. The van der Waals surface area contributed by atoms with E-state index in [1.807, 2.05) is 18.2 Å². The molecule has 118 valence electrons. The third-order valence-corrected chi connectivity index (χ3v) is 4.84. The highest BCUT2D eigenvalue weighted by Crippen LogP contribution is 2.33. The lowest BCUT2D eigenvalue weighted by Crippen LogP contribution is -2.56. The Morgan fingerprint density at radius 2 is 1.86 bits per heavy atom. The number of anilines is 1. The monoisotopic (exact) mass is 320 g/mol. The van der Waals surface area contributed by atoms with Crippen molar-refractivity contribution in [3.63, 3.8) is 0 Å². The molecule has 1 amide bonds. The standard InChI is InChI=1S/C16H20N4O.ClH/c17-16(8-4-1-5-9-16)14(21)20-11-10-19-13-7-3-2-6-12(13)18-15(19)20;/h2-3,6-7H,1,4-5,8-11,17H2;1H. The number of rotatable bonds is 1. The quantitative estimate of drug-likeness (QED) is 0.878. The molecule has 0 bridgehead atoms. The molecule has 1 aromatic carbocycles. The predicted octanol–water partition coefficient (Wildman–Crippen LogP) is 2.47. The van der Waals surface area contributed by atoms with Gasteiger partial charge in [0.1, 0.15) is 0 Å². The van der Waals surface area contributed by atoms with Crippen LogP contribution in [0, 0.1) is 0 Å². The van der Waals surface area contributed by atoms with E-state index in [0.717, 1.165) is 49.2 Å². The Labute approximate surface area is 135 Å². The first-order valence-electron chi connectivity index (χ1n) is 7.75. The van der Waals surface area contributed by atoms with Gasteiger partial charge in [-0.05, 0) is 25.0 Å². The summed E-state index contributed by atoms with van der Waals surface area (Å²) in [5.74, 6) is 0.813. The van der Waals surface area contributed by atoms with Crippen LogP contribution in [0.15, 0.2) is 24.3 Å². The number of halogens is 1. The van der Waals surface area contributed by atoms with Crippen molar-refractivity contribution in [2.24, 2.45) is 5.73 Å². The topological polar surface area (TPSA) is 64.2 Å². The molecule has 2 aromatic rings. The van der Waals surface area contributed by atoms with E-state index in [1.165, 1.54) is 6.42 Å². The van der Waals surface area contributed by atoms with Gasteiger partial charge in [-0.3, -0.25) is 9.69 Å². The van der Waals surface area contributed by atoms with E-state index in [1.54, 1.807) is 4.90 Å². The summed E-state index contributed by atoms with van der Waals surface area (Å²) >= 11 is 0. The van der Waals surface area contributed by atoms with E-state index in [2.05, 4.69) is 15.6 Å². The minimum atomic E-state index is -0.689. The van der Waals surface area contributed by atoms with E-state index in [-0.39, 0.29) is 18.3 Å². The first kappa shape index (κ1) is 15.3. The maximum atomic E-state index is 12.9. The van der Waals surface area contributed by atoms with Crippen LogP contribution in [0.2, 0.25) is 0 Å². The second kappa shape index (κ2) is 5.56. The summed E-state index contributed by atoms with van der Waals surface area (Å²) in [4.78, 5) is 19.3. The molecule has 1 aliphatic carbocycles. The van der Waals surface area contributed by atoms with Gasteiger partial charge in [-0.15, -0.1) is 12.4 Å². The molecule has 4 rings (SSSR count). The number of para-hydroxylation sites is 2. The number of amides is 1. The van der Waals surface area contributed by atoms with E-state index < -0.39 is 5.54 Å². The van der Waals surface area contributed by atoms with Gasteiger partial charge in [0.25, 0.3) is 0 Å². The lowest BCUT2D eigenvalue weighted by Gasteiger charge is -2.34. The van der Waals surface area contributed by atoms with Crippen molar-refractivity contribution in [3.8, 4) is 0 Å². The van der Waals surface area contributed by atoms with Gasteiger partial charge in [0.2, 0.25) is 11.9 Å². The molecular formula is C16H21ClN4O. The van der Waals surface area contributed by atoms with Crippen LogP contribution in [0.1, 0.15) is 32.1 Å². The Kier molecular flexibility index (Phi) is 3.87. The fourth-order valence-electron chi connectivity index (χ4n) is 3.65. The zero-order chi connectivity index (χ0) is 14.4. The summed E-state index contributed by atoms with van der Waals surface area (Å²) in [7, 11) is 0. The lowest BCUT2D eigenvalue weighted by atomic mass is 9.81. The summed E-state index contributed by atoms with van der Waals surface area (Å²) in [6.07, 6.45) is 4.87. The van der Waals surface area contributed by atoms with Crippen LogP contribution in [-0.2, 0) is 11.3 Å². The smallest absolute Gasteiger partial charge is 0.249 e. The lowest BCUT2D eigenvalue weighted by molar-refractivity contribution is -0.124. The first-order valence-corrected chi connectivity index (χ1v) is 7.75. The molecule has 22 heavy (non-hydrogen) atoms. The van der Waals surface area contributed by atoms with Gasteiger partial charge < -0.3 is 10.3 Å². The second-order valence-electron chi connectivity index (χ2n) is 6.23. The van der Waals surface area contributed by atoms with E-state index in [0.29, 0.717) is 6.54 Å². The number of hydrogen-bond donors (Lipinski definition) is 1. The average molecular weight is 321 g/mol. The Morgan fingerprint density at radius 1 is 1.14 bits per heavy atom. The number of aromatic nitrogens is 2. The Hall–Kier alpha value is -1.59. The van der Waals surface area contributed by atoms with Gasteiger partial charge in [0, 0.05) is 13.1 Å². The summed E-state index contributed by atoms with van der Waals surface area (Å²) < 4.78 is 2.12. The van der Waals surface area contributed by atoms with Crippen molar-refractivity contribution in [1.29, 1.82) is 0 Å². The van der Waals surface area contributed by atoms with Gasteiger partial charge in [0.15, 0.2) is 0 Å².